The molecule has 0 saturated heterocycles. The molecule has 6 heteroatoms. The molecule has 1 saturated carbocycles. The lowest BCUT2D eigenvalue weighted by Gasteiger charge is -2.27. The molecule has 0 spiro atoms. The molecule has 0 aromatic heterocycles. The van der Waals surface area contributed by atoms with E-state index in [0.717, 1.165) is 31.4 Å². The lowest BCUT2D eigenvalue weighted by atomic mass is 9.86. The minimum atomic E-state index is -4.69. The van der Waals surface area contributed by atoms with Gasteiger partial charge in [0.05, 0.1) is 5.56 Å². The molecule has 1 aliphatic carbocycles. The average molecular weight is 290 g/mol. The fraction of sp³-hybridized carbons (Fsp3) is 0.571. The van der Waals surface area contributed by atoms with Crippen LogP contribution in [0.5, 0.6) is 0 Å². The molecule has 0 heterocycles. The monoisotopic (exact) mass is 290 g/mol. The second-order valence-corrected chi connectivity index (χ2v) is 5.45. The Labute approximate surface area is 115 Å². The van der Waals surface area contributed by atoms with E-state index in [0.29, 0.717) is 11.5 Å². The van der Waals surface area contributed by atoms with Crippen LogP contribution < -0.4 is 11.3 Å². The molecule has 0 aliphatic heterocycles. The van der Waals surface area contributed by atoms with Crippen molar-refractivity contribution in [1.82, 2.24) is 5.43 Å². The highest BCUT2D eigenvalue weighted by Gasteiger charge is 2.36. The first-order chi connectivity index (χ1) is 9.34. The van der Waals surface area contributed by atoms with Crippen LogP contribution in [0, 0.1) is 17.7 Å². The summed E-state index contributed by atoms with van der Waals surface area (Å²) in [6.45, 7) is 2.07. The number of hydrogen-bond donors (Lipinski definition) is 2. The van der Waals surface area contributed by atoms with Crippen molar-refractivity contribution in [3.8, 4) is 0 Å². The molecule has 1 aromatic rings. The lowest BCUT2D eigenvalue weighted by molar-refractivity contribution is -0.140. The van der Waals surface area contributed by atoms with Crippen LogP contribution in [0.4, 0.5) is 17.6 Å². The van der Waals surface area contributed by atoms with Crippen molar-refractivity contribution in [2.75, 3.05) is 0 Å². The van der Waals surface area contributed by atoms with Gasteiger partial charge < -0.3 is 0 Å². The number of benzene rings is 1. The SMILES string of the molecule is CC1CCCC1C(NN)c1ccc(F)c(C(F)(F)F)c1. The summed E-state index contributed by atoms with van der Waals surface area (Å²) in [6.07, 6.45) is -1.71. The minimum absolute atomic E-state index is 0.173. The molecule has 0 radical (unpaired) electrons. The lowest BCUT2D eigenvalue weighted by Crippen LogP contribution is -2.34. The van der Waals surface area contributed by atoms with E-state index in [1.165, 1.54) is 6.07 Å². The summed E-state index contributed by atoms with van der Waals surface area (Å²) < 4.78 is 51.6. The zero-order valence-corrected chi connectivity index (χ0v) is 11.2. The van der Waals surface area contributed by atoms with E-state index >= 15 is 0 Å². The second-order valence-electron chi connectivity index (χ2n) is 5.45. The molecule has 2 nitrogen and oxygen atoms in total. The van der Waals surface area contributed by atoms with Crippen molar-refractivity contribution < 1.29 is 17.6 Å². The number of nitrogens with one attached hydrogen (secondary N) is 1. The molecular weight excluding hydrogens is 272 g/mol. The van der Waals surface area contributed by atoms with Crippen molar-refractivity contribution in [2.45, 2.75) is 38.4 Å². The molecule has 20 heavy (non-hydrogen) atoms. The standard InChI is InChI=1S/C14H18F4N2/c1-8-3-2-4-10(8)13(20-19)9-5-6-12(15)11(7-9)14(16,17)18/h5-8,10,13,20H,2-4,19H2,1H3. The summed E-state index contributed by atoms with van der Waals surface area (Å²) in [4.78, 5) is 0. The van der Waals surface area contributed by atoms with Gasteiger partial charge in [0, 0.05) is 6.04 Å². The normalized spacial score (nSPS) is 24.9. The highest BCUT2D eigenvalue weighted by atomic mass is 19.4. The first kappa shape index (κ1) is 15.3. The molecule has 3 atom stereocenters. The van der Waals surface area contributed by atoms with E-state index in [4.69, 9.17) is 5.84 Å². The molecule has 0 bridgehead atoms. The van der Waals surface area contributed by atoms with Gasteiger partial charge in [-0.2, -0.15) is 13.2 Å². The van der Waals surface area contributed by atoms with Crippen LogP contribution in [-0.4, -0.2) is 0 Å². The Morgan fingerprint density at radius 2 is 2.00 bits per heavy atom. The third-order valence-corrected chi connectivity index (χ3v) is 4.19. The van der Waals surface area contributed by atoms with Gasteiger partial charge in [-0.15, -0.1) is 0 Å². The van der Waals surface area contributed by atoms with Gasteiger partial charge in [-0.3, -0.25) is 11.3 Å². The predicted molar refractivity (Wildman–Crippen MR) is 68.0 cm³/mol. The Hall–Kier alpha value is -1.14. The summed E-state index contributed by atoms with van der Waals surface area (Å²) in [7, 11) is 0. The van der Waals surface area contributed by atoms with Gasteiger partial charge in [0.25, 0.3) is 0 Å². The van der Waals surface area contributed by atoms with E-state index in [-0.39, 0.29) is 12.0 Å². The highest BCUT2D eigenvalue weighted by molar-refractivity contribution is 5.30. The van der Waals surface area contributed by atoms with Crippen LogP contribution in [0.3, 0.4) is 0 Å². The molecule has 0 amide bonds. The molecule has 1 aromatic carbocycles. The summed E-state index contributed by atoms with van der Waals surface area (Å²) in [6, 6.07) is 2.72. The van der Waals surface area contributed by atoms with Crippen LogP contribution in [0.2, 0.25) is 0 Å². The largest absolute Gasteiger partial charge is 0.419 e. The predicted octanol–water partition coefficient (Wildman–Crippen LogP) is 3.79. The number of hydrazine groups is 1. The van der Waals surface area contributed by atoms with Gasteiger partial charge in [-0.25, -0.2) is 4.39 Å². The zero-order valence-electron chi connectivity index (χ0n) is 11.2. The van der Waals surface area contributed by atoms with Crippen molar-refractivity contribution in [2.24, 2.45) is 17.7 Å². The molecule has 2 rings (SSSR count). The summed E-state index contributed by atoms with van der Waals surface area (Å²) >= 11 is 0. The van der Waals surface area contributed by atoms with Crippen LogP contribution in [0.25, 0.3) is 0 Å². The van der Waals surface area contributed by atoms with Gasteiger partial charge in [0.1, 0.15) is 5.82 Å². The minimum Gasteiger partial charge on any atom is -0.271 e. The van der Waals surface area contributed by atoms with Crippen LogP contribution in [0.1, 0.15) is 43.4 Å². The summed E-state index contributed by atoms with van der Waals surface area (Å²) in [5.74, 6) is 4.82. The highest BCUT2D eigenvalue weighted by Crippen LogP contribution is 2.41. The molecule has 3 unspecified atom stereocenters. The molecule has 112 valence electrons. The van der Waals surface area contributed by atoms with Gasteiger partial charge in [0.15, 0.2) is 0 Å². The van der Waals surface area contributed by atoms with E-state index in [1.807, 2.05) is 0 Å². The van der Waals surface area contributed by atoms with Crippen LogP contribution in [0.15, 0.2) is 18.2 Å². The molecule has 3 N–H and O–H groups in total. The van der Waals surface area contributed by atoms with Crippen LogP contribution >= 0.6 is 0 Å². The van der Waals surface area contributed by atoms with Crippen molar-refractivity contribution in [3.63, 3.8) is 0 Å². The molecule has 1 fully saturated rings. The number of rotatable bonds is 3. The Bertz CT molecular complexity index is 473. The van der Waals surface area contributed by atoms with Crippen LogP contribution in [-0.2, 0) is 6.18 Å². The quantitative estimate of drug-likeness (QED) is 0.505. The van der Waals surface area contributed by atoms with E-state index in [1.54, 1.807) is 0 Å². The zero-order chi connectivity index (χ0) is 14.9. The van der Waals surface area contributed by atoms with Crippen molar-refractivity contribution in [1.29, 1.82) is 0 Å². The topological polar surface area (TPSA) is 38.0 Å². The third kappa shape index (κ3) is 2.96. The van der Waals surface area contributed by atoms with E-state index < -0.39 is 17.6 Å². The van der Waals surface area contributed by atoms with E-state index in [9.17, 15) is 17.6 Å². The fourth-order valence-corrected chi connectivity index (χ4v) is 3.09. The number of alkyl halides is 3. The first-order valence-corrected chi connectivity index (χ1v) is 6.67. The third-order valence-electron chi connectivity index (χ3n) is 4.19. The smallest absolute Gasteiger partial charge is 0.271 e. The first-order valence-electron chi connectivity index (χ1n) is 6.67. The Kier molecular flexibility index (Phi) is 4.34. The maximum absolute atomic E-state index is 13.3. The van der Waals surface area contributed by atoms with Gasteiger partial charge in [-0.05, 0) is 36.0 Å². The van der Waals surface area contributed by atoms with Gasteiger partial charge in [-0.1, -0.05) is 25.8 Å². The summed E-state index contributed by atoms with van der Waals surface area (Å²) in [5, 5.41) is 0. The van der Waals surface area contributed by atoms with E-state index in [2.05, 4.69) is 12.3 Å². The Morgan fingerprint density at radius 3 is 2.50 bits per heavy atom. The molecular formula is C14H18F4N2. The molecule has 1 aliphatic rings. The maximum atomic E-state index is 13.3. The van der Waals surface area contributed by atoms with Gasteiger partial charge in [0.2, 0.25) is 0 Å². The summed E-state index contributed by atoms with van der Waals surface area (Å²) in [5.41, 5.74) is 1.75. The second kappa shape index (κ2) is 5.69. The van der Waals surface area contributed by atoms with Crippen molar-refractivity contribution in [3.05, 3.63) is 35.1 Å². The van der Waals surface area contributed by atoms with Gasteiger partial charge >= 0.3 is 6.18 Å². The number of hydrogen-bond acceptors (Lipinski definition) is 2. The number of nitrogens with two attached hydrogens (primary N) is 1. The Morgan fingerprint density at radius 1 is 1.30 bits per heavy atom. The maximum Gasteiger partial charge on any atom is 0.419 e. The average Bonchev–Trinajstić information content (AvgIpc) is 2.77. The Balaban J connectivity index is 2.35. The fourth-order valence-electron chi connectivity index (χ4n) is 3.09. The number of halogens is 4. The van der Waals surface area contributed by atoms with Crippen molar-refractivity contribution >= 4 is 0 Å².